The number of guanidine groups is 1. The van der Waals surface area contributed by atoms with Gasteiger partial charge in [0, 0.05) is 12.0 Å². The van der Waals surface area contributed by atoms with Gasteiger partial charge in [0.2, 0.25) is 5.91 Å². The van der Waals surface area contributed by atoms with E-state index in [9.17, 15) is 20.0 Å². The van der Waals surface area contributed by atoms with Crippen LogP contribution in [-0.4, -0.2) is 46.2 Å². The first-order valence-corrected chi connectivity index (χ1v) is 10.0. The van der Waals surface area contributed by atoms with Gasteiger partial charge < -0.3 is 36.7 Å². The number of nitrogens with zero attached hydrogens (tertiary/aromatic N) is 1. The molecule has 1 fully saturated rings. The molecule has 1 atom stereocenters. The fourth-order valence-corrected chi connectivity index (χ4v) is 4.16. The van der Waals surface area contributed by atoms with Gasteiger partial charge in [-0.2, -0.15) is 0 Å². The Morgan fingerprint density at radius 2 is 2.00 bits per heavy atom. The highest BCUT2D eigenvalue weighted by Gasteiger charge is 2.37. The number of benzene rings is 1. The fraction of sp³-hybridized carbons (Fsp3) is 0.579. The molecular weight excluding hydrogens is 375 g/mol. The first-order valence-electron chi connectivity index (χ1n) is 10.0. The summed E-state index contributed by atoms with van der Waals surface area (Å²) in [6, 6.07) is 5.17. The van der Waals surface area contributed by atoms with Crippen molar-refractivity contribution in [1.82, 2.24) is 5.32 Å². The smallest absolute Gasteiger partial charge is 0.534 e. The number of fused-ring (bicyclic) bond motifs is 1. The molecular formula is C19H29BN4O5. The van der Waals surface area contributed by atoms with Crippen LogP contribution in [-0.2, 0) is 11.2 Å². The second kappa shape index (κ2) is 9.47. The topological polar surface area (TPSA) is 163 Å². The van der Waals surface area contributed by atoms with Crippen molar-refractivity contribution in [2.75, 3.05) is 0 Å². The summed E-state index contributed by atoms with van der Waals surface area (Å²) >= 11 is 0. The number of nitrogens with one attached hydrogen (secondary N) is 1. The van der Waals surface area contributed by atoms with Gasteiger partial charge in [0.05, 0.1) is 12.0 Å². The molecule has 0 unspecified atom stereocenters. The maximum atomic E-state index is 12.4. The second-order valence-electron chi connectivity index (χ2n) is 7.86. The Balaban J connectivity index is 1.48. The normalized spacial score (nSPS) is 23.9. The van der Waals surface area contributed by atoms with Crippen molar-refractivity contribution in [3.63, 3.8) is 0 Å². The zero-order chi connectivity index (χ0) is 21.0. The van der Waals surface area contributed by atoms with E-state index in [4.69, 9.17) is 16.1 Å². The van der Waals surface area contributed by atoms with E-state index < -0.39 is 19.3 Å². The average molecular weight is 404 g/mol. The van der Waals surface area contributed by atoms with E-state index in [0.29, 0.717) is 24.3 Å². The van der Waals surface area contributed by atoms with Crippen LogP contribution in [0.1, 0.15) is 55.9 Å². The van der Waals surface area contributed by atoms with Gasteiger partial charge in [0.15, 0.2) is 12.2 Å². The van der Waals surface area contributed by atoms with E-state index in [1.54, 1.807) is 12.1 Å². The lowest BCUT2D eigenvalue weighted by Crippen LogP contribution is -2.53. The zero-order valence-electron chi connectivity index (χ0n) is 16.3. The molecule has 9 nitrogen and oxygen atoms in total. The number of hydrogen-bond donors (Lipinski definition) is 6. The molecule has 0 radical (unpaired) electrons. The van der Waals surface area contributed by atoms with Gasteiger partial charge in [-0.3, -0.25) is 9.79 Å². The van der Waals surface area contributed by atoms with Gasteiger partial charge in [0.1, 0.15) is 5.75 Å². The van der Waals surface area contributed by atoms with Gasteiger partial charge in [-0.05, 0) is 50.0 Å². The van der Waals surface area contributed by atoms with Gasteiger partial charge in [-0.1, -0.05) is 18.2 Å². The maximum Gasteiger partial charge on any atom is 0.547 e. The summed E-state index contributed by atoms with van der Waals surface area (Å²) < 4.78 is 5.46. The molecule has 1 aliphatic heterocycles. The summed E-state index contributed by atoms with van der Waals surface area (Å²) in [5.74, 6) is 0.138. The Labute approximate surface area is 170 Å². The summed E-state index contributed by atoms with van der Waals surface area (Å²) in [5.41, 5.74) is 11.8. The number of nitrogens with two attached hydrogens (primary N) is 2. The van der Waals surface area contributed by atoms with Crippen LogP contribution in [0.15, 0.2) is 23.2 Å². The molecule has 8 N–H and O–H groups in total. The van der Waals surface area contributed by atoms with Crippen molar-refractivity contribution in [2.24, 2.45) is 22.4 Å². The predicted molar refractivity (Wildman–Crippen MR) is 109 cm³/mol. The lowest BCUT2D eigenvalue weighted by Gasteiger charge is -2.30. The molecule has 29 heavy (non-hydrogen) atoms. The summed E-state index contributed by atoms with van der Waals surface area (Å²) in [6.45, 7) is 0. The number of aliphatic hydroxyl groups excluding tert-OH is 1. The molecule has 3 rings (SSSR count). The van der Waals surface area contributed by atoms with Crippen molar-refractivity contribution >= 4 is 19.0 Å². The van der Waals surface area contributed by atoms with Gasteiger partial charge in [0.25, 0.3) is 0 Å². The van der Waals surface area contributed by atoms with Crippen LogP contribution in [0.25, 0.3) is 0 Å². The van der Waals surface area contributed by atoms with Crippen molar-refractivity contribution < 1.29 is 24.7 Å². The number of amides is 1. The molecule has 0 aromatic heterocycles. The minimum atomic E-state index is -1.69. The highest BCUT2D eigenvalue weighted by atomic mass is 16.5. The van der Waals surface area contributed by atoms with Crippen LogP contribution in [0, 0.1) is 5.92 Å². The van der Waals surface area contributed by atoms with Crippen molar-refractivity contribution in [2.45, 2.75) is 63.2 Å². The van der Waals surface area contributed by atoms with E-state index in [0.717, 1.165) is 32.1 Å². The van der Waals surface area contributed by atoms with E-state index in [1.165, 1.54) is 6.07 Å². The predicted octanol–water partition coefficient (Wildman–Crippen LogP) is -0.278. The number of hydrogen-bond acceptors (Lipinski definition) is 6. The summed E-state index contributed by atoms with van der Waals surface area (Å²) in [5, 5.41) is 32.0. The highest BCUT2D eigenvalue weighted by Crippen LogP contribution is 2.33. The Morgan fingerprint density at radius 3 is 2.66 bits per heavy atom. The van der Waals surface area contributed by atoms with Crippen molar-refractivity contribution in [3.05, 3.63) is 29.3 Å². The summed E-state index contributed by atoms with van der Waals surface area (Å²) in [7, 11) is -1.25. The zero-order valence-corrected chi connectivity index (χ0v) is 16.3. The van der Waals surface area contributed by atoms with Crippen molar-refractivity contribution in [3.8, 4) is 5.75 Å². The van der Waals surface area contributed by atoms with Crippen LogP contribution in [0.3, 0.4) is 0 Å². The Bertz CT molecular complexity index is 748. The van der Waals surface area contributed by atoms with Crippen LogP contribution < -0.4 is 21.4 Å². The number of carbonyl (C=O) groups is 1. The molecule has 2 aliphatic rings. The maximum absolute atomic E-state index is 12.4. The Kier molecular flexibility index (Phi) is 6.99. The van der Waals surface area contributed by atoms with Gasteiger partial charge >= 0.3 is 7.12 Å². The molecule has 0 bridgehead atoms. The van der Waals surface area contributed by atoms with Gasteiger partial charge in [-0.15, -0.1) is 0 Å². The molecule has 10 heteroatoms. The largest absolute Gasteiger partial charge is 0.547 e. The molecule has 1 amide bonds. The van der Waals surface area contributed by atoms with E-state index in [2.05, 4.69) is 10.3 Å². The Hall–Kier alpha value is -2.30. The first-order chi connectivity index (χ1) is 13.8. The molecule has 1 aromatic rings. The summed E-state index contributed by atoms with van der Waals surface area (Å²) in [6.07, 6.45) is 3.65. The molecule has 158 valence electrons. The summed E-state index contributed by atoms with van der Waals surface area (Å²) in [4.78, 5) is 16.6. The molecule has 1 saturated carbocycles. The monoisotopic (exact) mass is 404 g/mol. The van der Waals surface area contributed by atoms with E-state index in [1.807, 2.05) is 0 Å². The highest BCUT2D eigenvalue weighted by molar-refractivity contribution is 6.46. The number of aliphatic imine (C=N–C) groups is 1. The van der Waals surface area contributed by atoms with Gasteiger partial charge in [-0.25, -0.2) is 0 Å². The molecule has 1 heterocycles. The minimum Gasteiger partial charge on any atom is -0.534 e. The third-order valence-electron chi connectivity index (χ3n) is 5.70. The second-order valence-corrected chi connectivity index (χ2v) is 7.86. The lowest BCUT2D eigenvalue weighted by atomic mass is 9.72. The first kappa shape index (κ1) is 21.4. The van der Waals surface area contributed by atoms with Crippen molar-refractivity contribution in [1.29, 1.82) is 0 Å². The molecule has 1 aliphatic carbocycles. The van der Waals surface area contributed by atoms with E-state index >= 15 is 0 Å². The number of carbonyl (C=O) groups excluding carboxylic acids is 1. The quantitative estimate of drug-likeness (QED) is 0.164. The van der Waals surface area contributed by atoms with Crippen LogP contribution in [0.5, 0.6) is 5.75 Å². The molecule has 0 saturated heterocycles. The molecule has 1 aromatic carbocycles. The fourth-order valence-electron chi connectivity index (χ4n) is 4.16. The standard InChI is InChI=1S/C19H29BN4O5/c21-19(22)23-13-7-4-11(5-8-13)6-9-16(25)24-15-10-12-2-1-3-14(18(26)27)17(12)29-20(15)28/h1-3,11,13,15,18,26-28H,4-10H2,(H,24,25)(H4,21,22,23)/t11?,13?,15-/m0/s1. The number of aliphatic hydroxyl groups is 2. The third kappa shape index (κ3) is 5.62. The number of rotatable bonds is 6. The third-order valence-corrected chi connectivity index (χ3v) is 5.70. The van der Waals surface area contributed by atoms with Crippen LogP contribution in [0.2, 0.25) is 0 Å². The van der Waals surface area contributed by atoms with Crippen LogP contribution in [0.4, 0.5) is 0 Å². The minimum absolute atomic E-state index is 0.128. The Morgan fingerprint density at radius 1 is 1.28 bits per heavy atom. The lowest BCUT2D eigenvalue weighted by molar-refractivity contribution is -0.121. The SMILES string of the molecule is NC(N)=NC1CCC(CCC(=O)N[C@H]2Cc3cccc(C(O)O)c3OB2O)CC1. The average Bonchev–Trinajstić information content (AvgIpc) is 2.67. The number of para-hydroxylation sites is 1. The van der Waals surface area contributed by atoms with Crippen LogP contribution >= 0.6 is 0 Å². The van der Waals surface area contributed by atoms with E-state index in [-0.39, 0.29) is 29.2 Å². The molecule has 0 spiro atoms.